The van der Waals surface area contributed by atoms with Crippen molar-refractivity contribution in [2.24, 2.45) is 0 Å². The quantitative estimate of drug-likeness (QED) is 0.265. The molecule has 7 rings (SSSR count). The first-order valence-electron chi connectivity index (χ1n) is 11.9. The zero-order chi connectivity index (χ0) is 25.5. The first kappa shape index (κ1) is 21.7. The van der Waals surface area contributed by atoms with Gasteiger partial charge in [-0.3, -0.25) is 14.9 Å². The zero-order valence-corrected chi connectivity index (χ0v) is 19.8. The van der Waals surface area contributed by atoms with Crippen LogP contribution in [0.5, 0.6) is 0 Å². The van der Waals surface area contributed by atoms with E-state index in [-0.39, 0.29) is 5.91 Å². The summed E-state index contributed by atoms with van der Waals surface area (Å²) >= 11 is 0. The summed E-state index contributed by atoms with van der Waals surface area (Å²) < 4.78 is 5.26. The predicted molar refractivity (Wildman–Crippen MR) is 144 cm³/mol. The molecule has 0 saturated heterocycles. The van der Waals surface area contributed by atoms with Crippen molar-refractivity contribution in [2.45, 2.75) is 0 Å². The Kier molecular flexibility index (Phi) is 5.04. The number of carbonyl (C=O) groups excluding carboxylic acids is 1. The minimum Gasteiger partial charge on any atom is -0.472 e. The molecule has 182 valence electrons. The van der Waals surface area contributed by atoms with Gasteiger partial charge in [0.1, 0.15) is 11.2 Å². The Labute approximate surface area is 215 Å². The normalized spacial score (nSPS) is 11.3. The number of aromatic nitrogens is 6. The molecule has 0 unspecified atom stereocenters. The van der Waals surface area contributed by atoms with Crippen LogP contribution >= 0.6 is 0 Å². The molecule has 0 radical (unpaired) electrons. The van der Waals surface area contributed by atoms with E-state index >= 15 is 0 Å². The molecular weight excluding hydrogens is 478 g/mol. The fraction of sp³-hybridized carbons (Fsp3) is 0. The summed E-state index contributed by atoms with van der Waals surface area (Å²) in [6.45, 7) is 0. The number of nitrogens with one attached hydrogen (secondary N) is 3. The van der Waals surface area contributed by atoms with E-state index in [9.17, 15) is 4.79 Å². The highest BCUT2D eigenvalue weighted by molar-refractivity contribution is 6.04. The minimum absolute atomic E-state index is 0.189. The van der Waals surface area contributed by atoms with Crippen LogP contribution in [-0.4, -0.2) is 36.0 Å². The zero-order valence-electron chi connectivity index (χ0n) is 19.8. The van der Waals surface area contributed by atoms with Crippen LogP contribution in [-0.2, 0) is 0 Å². The number of imidazole rings is 1. The number of pyridine rings is 2. The minimum atomic E-state index is -0.189. The lowest BCUT2D eigenvalue weighted by Crippen LogP contribution is -2.11. The van der Waals surface area contributed by atoms with E-state index < -0.39 is 0 Å². The standard InChI is InChI=1S/C29H19N7O2/c37-29(17-4-2-1-3-5-17)32-21-12-20(14-30-15-21)18-6-7-24-23(13-18)26(36-35-24)28-33-25-22(19-9-11-38-16-19)8-10-31-27(25)34-28/h1-16H,(H,32,37)(H,35,36)(H,31,33,34). The van der Waals surface area contributed by atoms with Gasteiger partial charge in [-0.2, -0.15) is 5.10 Å². The highest BCUT2D eigenvalue weighted by atomic mass is 16.3. The van der Waals surface area contributed by atoms with E-state index in [2.05, 4.69) is 30.5 Å². The number of rotatable bonds is 5. The number of hydrogen-bond donors (Lipinski definition) is 3. The molecule has 3 N–H and O–H groups in total. The molecule has 0 atom stereocenters. The molecule has 9 heteroatoms. The lowest BCUT2D eigenvalue weighted by Gasteiger charge is -2.08. The van der Waals surface area contributed by atoms with Crippen LogP contribution in [0.3, 0.4) is 0 Å². The molecule has 0 spiro atoms. The second-order valence-electron chi connectivity index (χ2n) is 8.77. The SMILES string of the molecule is O=C(Nc1cncc(-c2ccc3[nH]nc(-c4nc5c(-c6ccoc6)ccnc5[nH]4)c3c2)c1)c1ccccc1. The fourth-order valence-electron chi connectivity index (χ4n) is 4.51. The third-order valence-electron chi connectivity index (χ3n) is 6.37. The predicted octanol–water partition coefficient (Wildman–Crippen LogP) is 6.08. The third-order valence-corrected chi connectivity index (χ3v) is 6.37. The number of furan rings is 1. The molecule has 0 fully saturated rings. The largest absolute Gasteiger partial charge is 0.472 e. The molecule has 0 saturated carbocycles. The summed E-state index contributed by atoms with van der Waals surface area (Å²) in [5.41, 5.74) is 7.78. The molecule has 0 aliphatic carbocycles. The summed E-state index contributed by atoms with van der Waals surface area (Å²) in [5, 5.41) is 11.4. The summed E-state index contributed by atoms with van der Waals surface area (Å²) in [6, 6.07) is 20.8. The highest BCUT2D eigenvalue weighted by Gasteiger charge is 2.17. The number of amides is 1. The van der Waals surface area contributed by atoms with Gasteiger partial charge in [-0.05, 0) is 48.0 Å². The average molecular weight is 498 g/mol. The molecule has 0 bridgehead atoms. The van der Waals surface area contributed by atoms with Crippen molar-refractivity contribution in [1.82, 2.24) is 30.1 Å². The van der Waals surface area contributed by atoms with Crippen molar-refractivity contribution in [3.63, 3.8) is 0 Å². The molecule has 38 heavy (non-hydrogen) atoms. The van der Waals surface area contributed by atoms with Crippen LogP contribution in [0.1, 0.15) is 10.4 Å². The Bertz CT molecular complexity index is 1920. The number of nitrogens with zero attached hydrogens (tertiary/aromatic N) is 4. The van der Waals surface area contributed by atoms with Crippen molar-refractivity contribution in [2.75, 3.05) is 5.32 Å². The molecule has 5 heterocycles. The molecule has 7 aromatic rings. The van der Waals surface area contributed by atoms with Crippen LogP contribution in [0.15, 0.2) is 102 Å². The number of benzene rings is 2. The fourth-order valence-corrected chi connectivity index (χ4v) is 4.51. The van der Waals surface area contributed by atoms with Gasteiger partial charge in [-0.15, -0.1) is 0 Å². The second kappa shape index (κ2) is 8.82. The van der Waals surface area contributed by atoms with Gasteiger partial charge in [0.15, 0.2) is 11.5 Å². The number of anilines is 1. The van der Waals surface area contributed by atoms with Crippen molar-refractivity contribution in [3.8, 4) is 33.8 Å². The maximum atomic E-state index is 12.6. The van der Waals surface area contributed by atoms with Gasteiger partial charge in [0, 0.05) is 40.0 Å². The Hall–Kier alpha value is -5.57. The van der Waals surface area contributed by atoms with Gasteiger partial charge in [0.25, 0.3) is 5.91 Å². The number of fused-ring (bicyclic) bond motifs is 2. The summed E-state index contributed by atoms with van der Waals surface area (Å²) in [4.78, 5) is 29.5. The topological polar surface area (TPSA) is 125 Å². The van der Waals surface area contributed by atoms with Crippen molar-refractivity contribution in [1.29, 1.82) is 0 Å². The lowest BCUT2D eigenvalue weighted by molar-refractivity contribution is 0.102. The van der Waals surface area contributed by atoms with Crippen LogP contribution in [0.4, 0.5) is 5.69 Å². The van der Waals surface area contributed by atoms with E-state index in [0.717, 1.165) is 38.7 Å². The van der Waals surface area contributed by atoms with Crippen molar-refractivity contribution in [3.05, 3.63) is 103 Å². The number of hydrogen-bond acceptors (Lipinski definition) is 6. The maximum absolute atomic E-state index is 12.6. The summed E-state index contributed by atoms with van der Waals surface area (Å²) in [7, 11) is 0. The van der Waals surface area contributed by atoms with Crippen LogP contribution < -0.4 is 5.32 Å². The summed E-state index contributed by atoms with van der Waals surface area (Å²) in [5.74, 6) is 0.416. The molecule has 0 aliphatic heterocycles. The highest BCUT2D eigenvalue weighted by Crippen LogP contribution is 2.33. The Morgan fingerprint density at radius 2 is 1.84 bits per heavy atom. The van der Waals surface area contributed by atoms with Crippen LogP contribution in [0.25, 0.3) is 55.8 Å². The Morgan fingerprint density at radius 3 is 2.71 bits per heavy atom. The maximum Gasteiger partial charge on any atom is 0.255 e. The van der Waals surface area contributed by atoms with Crippen molar-refractivity contribution >= 4 is 33.7 Å². The molecule has 0 aliphatic rings. The number of aromatic amines is 2. The van der Waals surface area contributed by atoms with Crippen LogP contribution in [0.2, 0.25) is 0 Å². The van der Waals surface area contributed by atoms with E-state index in [1.54, 1.807) is 43.2 Å². The van der Waals surface area contributed by atoms with Gasteiger partial charge in [0.2, 0.25) is 0 Å². The van der Waals surface area contributed by atoms with E-state index in [0.29, 0.717) is 28.4 Å². The first-order valence-corrected chi connectivity index (χ1v) is 11.9. The Morgan fingerprint density at radius 1 is 0.921 bits per heavy atom. The average Bonchev–Trinajstić information content (AvgIpc) is 3.73. The van der Waals surface area contributed by atoms with Gasteiger partial charge < -0.3 is 14.7 Å². The molecule has 1 amide bonds. The van der Waals surface area contributed by atoms with Gasteiger partial charge >= 0.3 is 0 Å². The van der Waals surface area contributed by atoms with Crippen LogP contribution in [0, 0.1) is 0 Å². The molecule has 5 aromatic heterocycles. The monoisotopic (exact) mass is 497 g/mol. The smallest absolute Gasteiger partial charge is 0.255 e. The molecule has 2 aromatic carbocycles. The van der Waals surface area contributed by atoms with E-state index in [1.165, 1.54) is 0 Å². The Balaban J connectivity index is 1.25. The van der Waals surface area contributed by atoms with E-state index in [1.807, 2.05) is 54.6 Å². The molecule has 9 nitrogen and oxygen atoms in total. The van der Waals surface area contributed by atoms with Gasteiger partial charge in [-0.25, -0.2) is 9.97 Å². The van der Waals surface area contributed by atoms with Crippen molar-refractivity contribution < 1.29 is 9.21 Å². The first-order chi connectivity index (χ1) is 18.7. The number of H-pyrrole nitrogens is 2. The third kappa shape index (κ3) is 3.79. The summed E-state index contributed by atoms with van der Waals surface area (Å²) in [6.07, 6.45) is 8.45. The molecular formula is C29H19N7O2. The number of carbonyl (C=O) groups is 1. The van der Waals surface area contributed by atoms with E-state index in [4.69, 9.17) is 9.40 Å². The van der Waals surface area contributed by atoms with Gasteiger partial charge in [-0.1, -0.05) is 24.3 Å². The second-order valence-corrected chi connectivity index (χ2v) is 8.77. The van der Waals surface area contributed by atoms with Gasteiger partial charge in [0.05, 0.1) is 29.9 Å². The lowest BCUT2D eigenvalue weighted by atomic mass is 10.0.